The van der Waals surface area contributed by atoms with E-state index >= 15 is 0 Å². The average molecular weight is 459 g/mol. The van der Waals surface area contributed by atoms with E-state index in [1.165, 1.54) is 49.6 Å². The van der Waals surface area contributed by atoms with Gasteiger partial charge in [-0.2, -0.15) is 8.78 Å². The van der Waals surface area contributed by atoms with E-state index in [1.807, 2.05) is 0 Å². The van der Waals surface area contributed by atoms with E-state index in [2.05, 4.69) is 10.1 Å². The highest BCUT2D eigenvalue weighted by molar-refractivity contribution is 6.09. The fraction of sp³-hybridized carbons (Fsp3) is 0.167. The van der Waals surface area contributed by atoms with E-state index in [0.717, 1.165) is 0 Å². The van der Waals surface area contributed by atoms with Crippen molar-refractivity contribution in [3.05, 3.63) is 89.2 Å². The van der Waals surface area contributed by atoms with Gasteiger partial charge in [0.25, 0.3) is 5.91 Å². The summed E-state index contributed by atoms with van der Waals surface area (Å²) in [4.78, 5) is 24.5. The van der Waals surface area contributed by atoms with Gasteiger partial charge in [-0.05, 0) is 66.2 Å². The number of hydrogen-bond acceptors (Lipinski definition) is 5. The first-order valence-corrected chi connectivity index (χ1v) is 9.77. The van der Waals surface area contributed by atoms with Crippen molar-refractivity contribution in [2.24, 2.45) is 0 Å². The first kappa shape index (κ1) is 23.6. The molecule has 0 bridgehead atoms. The maximum Gasteiger partial charge on any atom is 0.387 e. The normalized spacial score (nSPS) is 10.6. The fourth-order valence-corrected chi connectivity index (χ4v) is 2.89. The Bertz CT molecular complexity index is 1100. The molecule has 3 aromatic carbocycles. The molecule has 0 saturated carbocycles. The van der Waals surface area contributed by atoms with Crippen molar-refractivity contribution < 1.29 is 37.0 Å². The Labute approximate surface area is 187 Å². The van der Waals surface area contributed by atoms with Gasteiger partial charge in [-0.3, -0.25) is 9.59 Å². The number of ether oxygens (including phenoxy) is 3. The fourth-order valence-electron chi connectivity index (χ4n) is 2.89. The van der Waals surface area contributed by atoms with Gasteiger partial charge < -0.3 is 19.5 Å². The van der Waals surface area contributed by atoms with Crippen LogP contribution < -0.4 is 19.5 Å². The van der Waals surface area contributed by atoms with Gasteiger partial charge >= 0.3 is 6.61 Å². The molecule has 0 saturated heterocycles. The Balaban J connectivity index is 1.50. The monoisotopic (exact) mass is 459 g/mol. The van der Waals surface area contributed by atoms with Crippen LogP contribution in [0.1, 0.15) is 21.5 Å². The smallest absolute Gasteiger partial charge is 0.387 e. The number of amides is 1. The van der Waals surface area contributed by atoms with Crippen LogP contribution in [0, 0.1) is 5.82 Å². The summed E-state index contributed by atoms with van der Waals surface area (Å²) in [5, 5.41) is 2.64. The summed E-state index contributed by atoms with van der Waals surface area (Å²) >= 11 is 0. The van der Waals surface area contributed by atoms with Crippen molar-refractivity contribution in [3.63, 3.8) is 0 Å². The van der Waals surface area contributed by atoms with E-state index in [1.54, 1.807) is 24.3 Å². The minimum absolute atomic E-state index is 0.104. The Morgan fingerprint density at radius 2 is 1.55 bits per heavy atom. The van der Waals surface area contributed by atoms with Gasteiger partial charge in [0.1, 0.15) is 11.6 Å². The van der Waals surface area contributed by atoms with Crippen molar-refractivity contribution in [1.29, 1.82) is 0 Å². The van der Waals surface area contributed by atoms with Crippen LogP contribution in [0.25, 0.3) is 0 Å². The van der Waals surface area contributed by atoms with Crippen LogP contribution in [0.5, 0.6) is 17.2 Å². The molecule has 0 unspecified atom stereocenters. The largest absolute Gasteiger partial charge is 0.493 e. The van der Waals surface area contributed by atoms with Crippen LogP contribution >= 0.6 is 0 Å². The topological polar surface area (TPSA) is 73.9 Å². The highest BCUT2D eigenvalue weighted by atomic mass is 19.3. The van der Waals surface area contributed by atoms with Gasteiger partial charge in [-0.15, -0.1) is 0 Å². The highest BCUT2D eigenvalue weighted by Crippen LogP contribution is 2.29. The maximum atomic E-state index is 13.0. The van der Waals surface area contributed by atoms with E-state index in [-0.39, 0.29) is 30.4 Å². The van der Waals surface area contributed by atoms with Crippen molar-refractivity contribution in [2.45, 2.75) is 13.2 Å². The molecular formula is C24H20F3NO5. The predicted octanol–water partition coefficient (Wildman–Crippen LogP) is 4.36. The van der Waals surface area contributed by atoms with Crippen LogP contribution in [-0.4, -0.2) is 32.0 Å². The molecule has 172 valence electrons. The third-order valence-electron chi connectivity index (χ3n) is 4.53. The molecule has 33 heavy (non-hydrogen) atoms. The second-order valence-electron chi connectivity index (χ2n) is 6.79. The molecule has 0 fully saturated rings. The molecule has 0 aliphatic carbocycles. The number of carbonyl (C=O) groups is 2. The lowest BCUT2D eigenvalue weighted by Gasteiger charge is -2.12. The number of hydrogen-bond donors (Lipinski definition) is 1. The molecule has 0 spiro atoms. The number of alkyl halides is 2. The van der Waals surface area contributed by atoms with Crippen LogP contribution in [0.3, 0.4) is 0 Å². The minimum atomic E-state index is -2.98. The Morgan fingerprint density at radius 1 is 0.909 bits per heavy atom. The van der Waals surface area contributed by atoms with E-state index in [4.69, 9.17) is 9.47 Å². The zero-order valence-electron chi connectivity index (χ0n) is 17.5. The first-order chi connectivity index (χ1) is 15.9. The summed E-state index contributed by atoms with van der Waals surface area (Å²) in [6.45, 7) is -3.12. The summed E-state index contributed by atoms with van der Waals surface area (Å²) in [6.07, 6.45) is 0. The third-order valence-corrected chi connectivity index (χ3v) is 4.53. The molecule has 3 rings (SSSR count). The summed E-state index contributed by atoms with van der Waals surface area (Å²) in [5.41, 5.74) is 1.37. The van der Waals surface area contributed by atoms with E-state index in [0.29, 0.717) is 22.4 Å². The van der Waals surface area contributed by atoms with Crippen LogP contribution in [0.15, 0.2) is 66.7 Å². The molecule has 3 aromatic rings. The number of halogens is 3. The highest BCUT2D eigenvalue weighted by Gasteiger charge is 2.12. The first-order valence-electron chi connectivity index (χ1n) is 9.77. The maximum absolute atomic E-state index is 13.0. The molecular weight excluding hydrogens is 439 g/mol. The predicted molar refractivity (Wildman–Crippen MR) is 113 cm³/mol. The lowest BCUT2D eigenvalue weighted by molar-refractivity contribution is -0.123. The Hall–Kier alpha value is -4.01. The van der Waals surface area contributed by atoms with Crippen molar-refractivity contribution in [3.8, 4) is 17.2 Å². The zero-order chi connectivity index (χ0) is 23.8. The molecule has 1 amide bonds. The summed E-state index contributed by atoms with van der Waals surface area (Å²) in [6, 6.07) is 15.8. The van der Waals surface area contributed by atoms with Gasteiger partial charge in [-0.25, -0.2) is 4.39 Å². The standard InChI is InChI=1S/C24H20F3NO5/c1-31-21-12-15(2-11-20(21)33-24(26)27)13-28-22(29)14-32-19-9-5-17(6-10-19)23(30)16-3-7-18(25)8-4-16/h2-12,24H,13-14H2,1H3,(H,28,29). The Kier molecular flexibility index (Phi) is 7.91. The van der Waals surface area contributed by atoms with E-state index in [9.17, 15) is 22.8 Å². The number of carbonyl (C=O) groups excluding carboxylic acids is 2. The van der Waals surface area contributed by atoms with Crippen LogP contribution in [0.2, 0.25) is 0 Å². The summed E-state index contributed by atoms with van der Waals surface area (Å²) in [7, 11) is 1.32. The van der Waals surface area contributed by atoms with Gasteiger partial charge in [-0.1, -0.05) is 6.07 Å². The quantitative estimate of drug-likeness (QED) is 0.456. The lowest BCUT2D eigenvalue weighted by Crippen LogP contribution is -2.28. The van der Waals surface area contributed by atoms with Gasteiger partial charge in [0.15, 0.2) is 23.9 Å². The molecule has 0 heterocycles. The second kappa shape index (κ2) is 11.0. The summed E-state index contributed by atoms with van der Waals surface area (Å²) in [5.74, 6) is -0.699. The van der Waals surface area contributed by atoms with Crippen molar-refractivity contribution >= 4 is 11.7 Å². The third kappa shape index (κ3) is 6.73. The molecule has 0 aliphatic heterocycles. The molecule has 0 atom stereocenters. The molecule has 0 aliphatic rings. The van der Waals surface area contributed by atoms with Crippen molar-refractivity contribution in [1.82, 2.24) is 5.32 Å². The average Bonchev–Trinajstić information content (AvgIpc) is 2.82. The van der Waals surface area contributed by atoms with Gasteiger partial charge in [0.05, 0.1) is 7.11 Å². The molecule has 9 heteroatoms. The number of nitrogens with one attached hydrogen (secondary N) is 1. The molecule has 0 aromatic heterocycles. The van der Waals surface area contributed by atoms with Crippen LogP contribution in [0.4, 0.5) is 13.2 Å². The second-order valence-corrected chi connectivity index (χ2v) is 6.79. The number of methoxy groups -OCH3 is 1. The van der Waals surface area contributed by atoms with Gasteiger partial charge in [0, 0.05) is 17.7 Å². The minimum Gasteiger partial charge on any atom is -0.493 e. The van der Waals surface area contributed by atoms with Crippen molar-refractivity contribution in [2.75, 3.05) is 13.7 Å². The Morgan fingerprint density at radius 3 is 2.15 bits per heavy atom. The summed E-state index contributed by atoms with van der Waals surface area (Å²) < 4.78 is 52.6. The number of ketones is 1. The van der Waals surface area contributed by atoms with Gasteiger partial charge in [0.2, 0.25) is 0 Å². The van der Waals surface area contributed by atoms with E-state index < -0.39 is 18.3 Å². The van der Waals surface area contributed by atoms with Crippen LogP contribution in [-0.2, 0) is 11.3 Å². The number of benzene rings is 3. The lowest BCUT2D eigenvalue weighted by atomic mass is 10.0. The SMILES string of the molecule is COc1cc(CNC(=O)COc2ccc(C(=O)c3ccc(F)cc3)cc2)ccc1OC(F)F. The molecule has 1 N–H and O–H groups in total. The molecule has 6 nitrogen and oxygen atoms in total. The molecule has 0 radical (unpaired) electrons. The number of rotatable bonds is 10. The zero-order valence-corrected chi connectivity index (χ0v) is 17.5.